The Morgan fingerprint density at radius 2 is 2.25 bits per heavy atom. The van der Waals surface area contributed by atoms with Crippen LogP contribution in [-0.2, 0) is 14.6 Å². The van der Waals surface area contributed by atoms with Crippen molar-refractivity contribution in [3.05, 3.63) is 35.3 Å². The van der Waals surface area contributed by atoms with E-state index in [0.29, 0.717) is 5.57 Å². The fourth-order valence-corrected chi connectivity index (χ4v) is 2.76. The molecule has 0 fully saturated rings. The molecule has 1 heterocycles. The highest BCUT2D eigenvalue weighted by Gasteiger charge is 2.19. The first-order chi connectivity index (χ1) is 5.74. The zero-order chi connectivity index (χ0) is 8.97. The van der Waals surface area contributed by atoms with Gasteiger partial charge < -0.3 is 0 Å². The Hall–Kier alpha value is -0.610. The van der Waals surface area contributed by atoms with Gasteiger partial charge in [-0.2, -0.15) is 0 Å². The van der Waals surface area contributed by atoms with Gasteiger partial charge in [0, 0.05) is 21.8 Å². The van der Waals surface area contributed by atoms with Crippen LogP contribution in [0.2, 0.25) is 0 Å². The first-order valence-corrected chi connectivity index (χ1v) is 5.93. The highest BCUT2D eigenvalue weighted by atomic mass is 33.1. The van der Waals surface area contributed by atoms with Crippen molar-refractivity contribution in [1.29, 1.82) is 0 Å². The van der Waals surface area contributed by atoms with Crippen molar-refractivity contribution in [3.63, 3.8) is 0 Å². The molecule has 64 valence electrons. The Morgan fingerprint density at radius 3 is 2.75 bits per heavy atom. The summed E-state index contributed by atoms with van der Waals surface area (Å²) in [5.41, 5.74) is 0.524. The van der Waals surface area contributed by atoms with Crippen LogP contribution in [0.15, 0.2) is 35.3 Å². The van der Waals surface area contributed by atoms with E-state index in [1.54, 1.807) is 12.2 Å². The van der Waals surface area contributed by atoms with Gasteiger partial charge in [0.15, 0.2) is 0 Å². The number of carbonyl (C=O) groups excluding carboxylic acids is 1. The quantitative estimate of drug-likeness (QED) is 0.504. The smallest absolute Gasteiger partial charge is 0.233 e. The van der Waals surface area contributed by atoms with Crippen molar-refractivity contribution < 1.29 is 9.00 Å². The van der Waals surface area contributed by atoms with Crippen LogP contribution < -0.4 is 0 Å². The van der Waals surface area contributed by atoms with Gasteiger partial charge >= 0.3 is 0 Å². The Balaban J connectivity index is 2.70. The number of hydrogen-bond acceptors (Lipinski definition) is 3. The van der Waals surface area contributed by atoms with Gasteiger partial charge in [0.05, 0.1) is 0 Å². The molecule has 4 heteroatoms. The maximum atomic E-state index is 11.0. The largest absolute Gasteiger partial charge is 0.281 e. The molecule has 0 saturated carbocycles. The Labute approximate surface area is 77.3 Å². The lowest BCUT2D eigenvalue weighted by atomic mass is 10.3. The first-order valence-electron chi connectivity index (χ1n) is 3.38. The molecule has 1 rings (SSSR count). The van der Waals surface area contributed by atoms with E-state index in [2.05, 4.69) is 0 Å². The molecular weight excluding hydrogens is 192 g/mol. The van der Waals surface area contributed by atoms with Crippen LogP contribution in [0.1, 0.15) is 6.92 Å². The van der Waals surface area contributed by atoms with Crippen LogP contribution in [0.4, 0.5) is 0 Å². The third-order valence-electron chi connectivity index (χ3n) is 1.20. The molecule has 0 aliphatic carbocycles. The predicted octanol–water partition coefficient (Wildman–Crippen LogP) is 1.94. The summed E-state index contributed by atoms with van der Waals surface area (Å²) < 4.78 is 10.8. The molecule has 0 saturated heterocycles. The highest BCUT2D eigenvalue weighted by molar-refractivity contribution is 8.77. The van der Waals surface area contributed by atoms with E-state index in [0.717, 1.165) is 10.8 Å². The van der Waals surface area contributed by atoms with Gasteiger partial charge in [0.25, 0.3) is 0 Å². The van der Waals surface area contributed by atoms with Crippen molar-refractivity contribution in [2.75, 3.05) is 0 Å². The van der Waals surface area contributed by atoms with Crippen LogP contribution in [0.25, 0.3) is 0 Å². The molecule has 1 unspecified atom stereocenters. The SMILES string of the molecule is C/C=C/C=C\C1=CS(=O)SC1=O. The van der Waals surface area contributed by atoms with E-state index in [4.69, 9.17) is 0 Å². The second kappa shape index (κ2) is 4.42. The van der Waals surface area contributed by atoms with Crippen LogP contribution in [-0.4, -0.2) is 9.32 Å². The molecule has 2 nitrogen and oxygen atoms in total. The Kier molecular flexibility index (Phi) is 3.49. The van der Waals surface area contributed by atoms with E-state index < -0.39 is 9.83 Å². The van der Waals surface area contributed by atoms with Crippen LogP contribution in [0.3, 0.4) is 0 Å². The van der Waals surface area contributed by atoms with Crippen molar-refractivity contribution in [1.82, 2.24) is 0 Å². The van der Waals surface area contributed by atoms with Crippen molar-refractivity contribution in [2.24, 2.45) is 0 Å². The zero-order valence-corrected chi connectivity index (χ0v) is 8.15. The fourth-order valence-electron chi connectivity index (χ4n) is 0.676. The summed E-state index contributed by atoms with van der Waals surface area (Å²) in [6.45, 7) is 1.89. The topological polar surface area (TPSA) is 34.1 Å². The van der Waals surface area contributed by atoms with Crippen LogP contribution in [0, 0.1) is 0 Å². The van der Waals surface area contributed by atoms with Gasteiger partial charge in [-0.15, -0.1) is 0 Å². The first kappa shape index (κ1) is 9.48. The summed E-state index contributed by atoms with van der Waals surface area (Å²) in [5, 5.41) is 1.35. The van der Waals surface area contributed by atoms with Gasteiger partial charge in [-0.05, 0) is 13.0 Å². The maximum Gasteiger partial charge on any atom is 0.233 e. The molecule has 12 heavy (non-hydrogen) atoms. The number of allylic oxidation sites excluding steroid dienone is 4. The molecule has 0 radical (unpaired) electrons. The molecule has 1 atom stereocenters. The number of hydrogen-bond donors (Lipinski definition) is 0. The molecule has 0 aromatic heterocycles. The summed E-state index contributed by atoms with van der Waals surface area (Å²) in [6.07, 6.45) is 7.10. The van der Waals surface area contributed by atoms with E-state index >= 15 is 0 Å². The summed E-state index contributed by atoms with van der Waals surface area (Å²) in [4.78, 5) is 11.0. The molecule has 0 bridgehead atoms. The standard InChI is InChI=1S/C8H8O2S2/c1-2-3-4-5-7-6-12(10)11-8(7)9/h2-6H,1H3/b3-2+,5-4-. The van der Waals surface area contributed by atoms with Crippen LogP contribution >= 0.6 is 10.8 Å². The van der Waals surface area contributed by atoms with Gasteiger partial charge in [0.2, 0.25) is 5.12 Å². The second-order valence-electron chi connectivity index (χ2n) is 2.09. The fraction of sp³-hybridized carbons (Fsp3) is 0.125. The minimum Gasteiger partial charge on any atom is -0.281 e. The van der Waals surface area contributed by atoms with E-state index in [-0.39, 0.29) is 5.12 Å². The normalized spacial score (nSPS) is 24.2. The third-order valence-corrected chi connectivity index (χ3v) is 3.43. The van der Waals surface area contributed by atoms with Gasteiger partial charge in [0.1, 0.15) is 9.83 Å². The van der Waals surface area contributed by atoms with E-state index in [1.165, 1.54) is 5.41 Å². The molecular formula is C8H8O2S2. The zero-order valence-electron chi connectivity index (χ0n) is 6.52. The summed E-state index contributed by atoms with van der Waals surface area (Å²) in [6, 6.07) is 0. The van der Waals surface area contributed by atoms with Gasteiger partial charge in [-0.1, -0.05) is 18.2 Å². The van der Waals surface area contributed by atoms with E-state index in [9.17, 15) is 9.00 Å². The highest BCUT2D eigenvalue weighted by Crippen LogP contribution is 2.25. The molecule has 0 aromatic rings. The van der Waals surface area contributed by atoms with Gasteiger partial charge in [-0.25, -0.2) is 4.21 Å². The average Bonchev–Trinajstić information content (AvgIpc) is 2.31. The molecule has 1 aliphatic heterocycles. The second-order valence-corrected chi connectivity index (χ2v) is 4.87. The molecule has 0 aromatic carbocycles. The average molecular weight is 200 g/mol. The summed E-state index contributed by atoms with van der Waals surface area (Å²) in [5.74, 6) is 0. The molecule has 0 spiro atoms. The van der Waals surface area contributed by atoms with Crippen molar-refractivity contribution in [3.8, 4) is 0 Å². The third kappa shape index (κ3) is 2.46. The maximum absolute atomic E-state index is 11.0. The number of rotatable bonds is 2. The summed E-state index contributed by atoms with van der Waals surface area (Å²) >= 11 is 0. The number of carbonyl (C=O) groups is 1. The lowest BCUT2D eigenvalue weighted by molar-refractivity contribution is -0.107. The minimum atomic E-state index is -1.16. The lowest BCUT2D eigenvalue weighted by Crippen LogP contribution is -1.85. The lowest BCUT2D eigenvalue weighted by Gasteiger charge is -1.84. The summed E-state index contributed by atoms with van der Waals surface area (Å²) in [7, 11) is -0.307. The molecule has 0 amide bonds. The van der Waals surface area contributed by atoms with Crippen molar-refractivity contribution in [2.45, 2.75) is 6.92 Å². The minimum absolute atomic E-state index is 0.117. The molecule has 1 aliphatic rings. The monoisotopic (exact) mass is 200 g/mol. The van der Waals surface area contributed by atoms with Gasteiger partial charge in [-0.3, -0.25) is 4.79 Å². The predicted molar refractivity (Wildman–Crippen MR) is 52.8 cm³/mol. The Morgan fingerprint density at radius 1 is 1.50 bits per heavy atom. The molecule has 0 N–H and O–H groups in total. The Bertz CT molecular complexity index is 300. The van der Waals surface area contributed by atoms with Crippen LogP contribution in [0.5, 0.6) is 0 Å². The van der Waals surface area contributed by atoms with Crippen molar-refractivity contribution >= 4 is 25.7 Å². The van der Waals surface area contributed by atoms with E-state index in [1.807, 2.05) is 19.1 Å².